The largest absolute Gasteiger partial charge is 0.497 e. The maximum absolute atomic E-state index is 11.3. The van der Waals surface area contributed by atoms with Crippen LogP contribution in [-0.2, 0) is 11.2 Å². The van der Waals surface area contributed by atoms with E-state index in [1.165, 1.54) is 0 Å². The molecule has 16 heavy (non-hydrogen) atoms. The smallest absolute Gasteiger partial charge is 0.136 e. The highest BCUT2D eigenvalue weighted by Gasteiger charge is 2.25. The molecule has 1 aliphatic heterocycles. The summed E-state index contributed by atoms with van der Waals surface area (Å²) in [6, 6.07) is 3.79. The van der Waals surface area contributed by atoms with E-state index in [9.17, 15) is 4.79 Å². The van der Waals surface area contributed by atoms with E-state index in [-0.39, 0.29) is 11.7 Å². The number of fused-ring (bicyclic) bond motifs is 1. The molecule has 4 heteroatoms. The summed E-state index contributed by atoms with van der Waals surface area (Å²) in [5.74, 6) is 1.74. The number of hydrogen-bond donors (Lipinski definition) is 0. The lowest BCUT2D eigenvalue weighted by Crippen LogP contribution is -2.26. The Morgan fingerprint density at radius 1 is 1.56 bits per heavy atom. The second-order valence-corrected chi connectivity index (χ2v) is 4.77. The maximum atomic E-state index is 11.3. The summed E-state index contributed by atoms with van der Waals surface area (Å²) in [6.07, 6.45) is 0.723. The van der Waals surface area contributed by atoms with Gasteiger partial charge in [-0.1, -0.05) is 0 Å². The minimum atomic E-state index is -0.0356. The van der Waals surface area contributed by atoms with Crippen molar-refractivity contribution in [1.82, 2.24) is 0 Å². The van der Waals surface area contributed by atoms with Crippen LogP contribution in [0.2, 0.25) is 0 Å². The average molecular weight is 285 g/mol. The zero-order chi connectivity index (χ0) is 11.7. The van der Waals surface area contributed by atoms with Crippen LogP contribution in [-0.4, -0.2) is 19.5 Å². The number of hydrogen-bond acceptors (Lipinski definition) is 3. The lowest BCUT2D eigenvalue weighted by Gasteiger charge is -2.24. The third-order valence-electron chi connectivity index (χ3n) is 2.80. The lowest BCUT2D eigenvalue weighted by atomic mass is 9.94. The first-order chi connectivity index (χ1) is 7.61. The second-order valence-electron chi connectivity index (χ2n) is 3.92. The molecule has 0 radical (unpaired) electrons. The zero-order valence-corrected chi connectivity index (χ0v) is 10.8. The van der Waals surface area contributed by atoms with Crippen LogP contribution in [0.15, 0.2) is 16.6 Å². The number of rotatable bonds is 2. The van der Waals surface area contributed by atoms with Gasteiger partial charge in [0.1, 0.15) is 17.3 Å². The number of halogens is 1. The molecule has 1 atom stereocenters. The highest BCUT2D eigenvalue weighted by molar-refractivity contribution is 9.10. The Bertz CT molecular complexity index is 429. The highest BCUT2D eigenvalue weighted by atomic mass is 79.9. The first-order valence-electron chi connectivity index (χ1n) is 5.11. The molecular formula is C12H13BrO3. The van der Waals surface area contributed by atoms with Crippen molar-refractivity contribution in [2.75, 3.05) is 13.7 Å². The van der Waals surface area contributed by atoms with Crippen LogP contribution in [0.4, 0.5) is 0 Å². The van der Waals surface area contributed by atoms with Crippen molar-refractivity contribution in [3.05, 3.63) is 22.2 Å². The molecule has 0 saturated heterocycles. The van der Waals surface area contributed by atoms with Gasteiger partial charge in [0.25, 0.3) is 0 Å². The van der Waals surface area contributed by atoms with Gasteiger partial charge in [-0.05, 0) is 47.0 Å². The molecule has 1 aromatic carbocycles. The van der Waals surface area contributed by atoms with E-state index in [2.05, 4.69) is 15.9 Å². The number of carbonyl (C=O) groups is 1. The van der Waals surface area contributed by atoms with Crippen LogP contribution in [0, 0.1) is 5.92 Å². The van der Waals surface area contributed by atoms with Crippen LogP contribution in [0.5, 0.6) is 11.5 Å². The number of ether oxygens (including phenoxy) is 2. The van der Waals surface area contributed by atoms with Crippen molar-refractivity contribution >= 4 is 21.7 Å². The lowest BCUT2D eigenvalue weighted by molar-refractivity contribution is -0.121. The van der Waals surface area contributed by atoms with E-state index in [0.717, 1.165) is 28.0 Å². The fourth-order valence-electron chi connectivity index (χ4n) is 1.82. The van der Waals surface area contributed by atoms with Crippen molar-refractivity contribution in [3.63, 3.8) is 0 Å². The highest BCUT2D eigenvalue weighted by Crippen LogP contribution is 2.38. The molecule has 3 nitrogen and oxygen atoms in total. The van der Waals surface area contributed by atoms with E-state index in [1.54, 1.807) is 14.0 Å². The second kappa shape index (κ2) is 4.45. The van der Waals surface area contributed by atoms with E-state index < -0.39 is 0 Å². The van der Waals surface area contributed by atoms with Crippen molar-refractivity contribution in [2.24, 2.45) is 5.92 Å². The molecule has 1 aromatic rings. The quantitative estimate of drug-likeness (QED) is 0.838. The topological polar surface area (TPSA) is 35.5 Å². The molecule has 0 aliphatic carbocycles. The van der Waals surface area contributed by atoms with Gasteiger partial charge in [-0.2, -0.15) is 0 Å². The first-order valence-corrected chi connectivity index (χ1v) is 5.90. The molecule has 0 spiro atoms. The van der Waals surface area contributed by atoms with Crippen molar-refractivity contribution in [1.29, 1.82) is 0 Å². The summed E-state index contributed by atoms with van der Waals surface area (Å²) in [4.78, 5) is 11.3. The number of methoxy groups -OCH3 is 1. The van der Waals surface area contributed by atoms with Crippen LogP contribution in [0.1, 0.15) is 12.5 Å². The van der Waals surface area contributed by atoms with Gasteiger partial charge in [0.2, 0.25) is 0 Å². The molecule has 0 saturated carbocycles. The number of Topliss-reactive ketones (excluding diaryl/α,β-unsaturated/α-hetero) is 1. The average Bonchev–Trinajstić information content (AvgIpc) is 2.28. The summed E-state index contributed by atoms with van der Waals surface area (Å²) in [5, 5.41) is 0. The normalized spacial score (nSPS) is 18.6. The van der Waals surface area contributed by atoms with Crippen molar-refractivity contribution in [3.8, 4) is 11.5 Å². The molecular weight excluding hydrogens is 272 g/mol. The van der Waals surface area contributed by atoms with Gasteiger partial charge in [0.05, 0.1) is 24.1 Å². The Morgan fingerprint density at radius 2 is 2.31 bits per heavy atom. The van der Waals surface area contributed by atoms with E-state index >= 15 is 0 Å². The Hall–Kier alpha value is -1.03. The van der Waals surface area contributed by atoms with Crippen LogP contribution in [0.25, 0.3) is 0 Å². The van der Waals surface area contributed by atoms with Gasteiger partial charge in [-0.15, -0.1) is 0 Å². The van der Waals surface area contributed by atoms with Crippen molar-refractivity contribution in [2.45, 2.75) is 13.3 Å². The minimum absolute atomic E-state index is 0.0356. The van der Waals surface area contributed by atoms with Crippen LogP contribution in [0.3, 0.4) is 0 Å². The molecule has 1 heterocycles. The molecule has 0 fully saturated rings. The minimum Gasteiger partial charge on any atom is -0.497 e. The summed E-state index contributed by atoms with van der Waals surface area (Å²) in [7, 11) is 1.63. The van der Waals surface area contributed by atoms with Gasteiger partial charge in [-0.3, -0.25) is 4.79 Å². The Labute approximate surface area is 103 Å². The number of ketones is 1. The van der Waals surface area contributed by atoms with Gasteiger partial charge >= 0.3 is 0 Å². The molecule has 0 N–H and O–H groups in total. The molecule has 0 bridgehead atoms. The maximum Gasteiger partial charge on any atom is 0.136 e. The predicted molar refractivity (Wildman–Crippen MR) is 64.1 cm³/mol. The molecule has 0 amide bonds. The number of benzene rings is 1. The summed E-state index contributed by atoms with van der Waals surface area (Å²) in [6.45, 7) is 2.07. The molecule has 0 aromatic heterocycles. The van der Waals surface area contributed by atoms with E-state index in [1.807, 2.05) is 12.1 Å². The molecule has 86 valence electrons. The predicted octanol–water partition coefficient (Wildman–Crippen LogP) is 2.60. The fourth-order valence-corrected chi connectivity index (χ4v) is 2.42. The Morgan fingerprint density at radius 3 is 2.94 bits per heavy atom. The van der Waals surface area contributed by atoms with Crippen molar-refractivity contribution < 1.29 is 14.3 Å². The third kappa shape index (κ3) is 2.07. The molecule has 1 aliphatic rings. The van der Waals surface area contributed by atoms with E-state index in [0.29, 0.717) is 6.61 Å². The van der Waals surface area contributed by atoms with Crippen LogP contribution >= 0.6 is 15.9 Å². The molecule has 1 unspecified atom stereocenters. The Balaban J connectivity index is 2.36. The number of carbonyl (C=O) groups excluding carboxylic acids is 1. The zero-order valence-electron chi connectivity index (χ0n) is 9.25. The summed E-state index contributed by atoms with van der Waals surface area (Å²) >= 11 is 3.44. The fraction of sp³-hybridized carbons (Fsp3) is 0.417. The summed E-state index contributed by atoms with van der Waals surface area (Å²) < 4.78 is 11.7. The van der Waals surface area contributed by atoms with Gasteiger partial charge in [0, 0.05) is 0 Å². The summed E-state index contributed by atoms with van der Waals surface area (Å²) in [5.41, 5.74) is 1.03. The first kappa shape index (κ1) is 11.5. The van der Waals surface area contributed by atoms with Gasteiger partial charge in [0.15, 0.2) is 0 Å². The standard InChI is InChI=1S/C12H13BrO3/c1-7(14)9-3-8-4-10(15-2)5-11(13)12(8)16-6-9/h4-5,9H,3,6H2,1-2H3. The van der Waals surface area contributed by atoms with Gasteiger partial charge in [-0.25, -0.2) is 0 Å². The van der Waals surface area contributed by atoms with Crippen LogP contribution < -0.4 is 9.47 Å². The Kier molecular flexibility index (Phi) is 3.19. The van der Waals surface area contributed by atoms with Gasteiger partial charge < -0.3 is 9.47 Å². The SMILES string of the molecule is COc1cc(Br)c2c(c1)CC(C(C)=O)CO2. The monoisotopic (exact) mass is 284 g/mol. The van der Waals surface area contributed by atoms with E-state index in [4.69, 9.17) is 9.47 Å². The molecule has 2 rings (SSSR count). The third-order valence-corrected chi connectivity index (χ3v) is 3.39.